The van der Waals surface area contributed by atoms with Crippen molar-refractivity contribution in [3.05, 3.63) is 6.92 Å². The molecule has 0 aromatic rings. The van der Waals surface area contributed by atoms with Gasteiger partial charge >= 0.3 is 6.18 Å². The standard InChI is InChI=1S/C4H5F4S/c1-2-9-3(5)4(6,7)8/h3H,1-2H2. The van der Waals surface area contributed by atoms with Gasteiger partial charge in [-0.3, -0.25) is 0 Å². The zero-order valence-corrected chi connectivity index (χ0v) is 5.23. The summed E-state index contributed by atoms with van der Waals surface area (Å²) in [4.78, 5) is 0. The highest BCUT2D eigenvalue weighted by Gasteiger charge is 2.39. The fourth-order valence-electron chi connectivity index (χ4n) is 0.198. The Morgan fingerprint density at radius 1 is 1.44 bits per heavy atom. The normalized spacial score (nSPS) is 15.7. The molecule has 0 aliphatic heterocycles. The second-order valence-corrected chi connectivity index (χ2v) is 2.38. The zero-order valence-electron chi connectivity index (χ0n) is 4.41. The van der Waals surface area contributed by atoms with Gasteiger partial charge in [-0.1, -0.05) is 0 Å². The summed E-state index contributed by atoms with van der Waals surface area (Å²) in [7, 11) is 0. The summed E-state index contributed by atoms with van der Waals surface area (Å²) in [6.07, 6.45) is -4.73. The molecule has 0 heterocycles. The smallest absolute Gasteiger partial charge is 0.225 e. The average molecular weight is 161 g/mol. The first-order valence-electron chi connectivity index (χ1n) is 2.10. The molecule has 0 aromatic heterocycles. The Hall–Kier alpha value is 0.0700. The van der Waals surface area contributed by atoms with Gasteiger partial charge in [0.15, 0.2) is 0 Å². The van der Waals surface area contributed by atoms with Crippen molar-refractivity contribution in [1.82, 2.24) is 0 Å². The van der Waals surface area contributed by atoms with E-state index in [1.165, 1.54) is 0 Å². The monoisotopic (exact) mass is 161 g/mol. The molecule has 0 aliphatic carbocycles. The van der Waals surface area contributed by atoms with E-state index in [9.17, 15) is 17.6 Å². The fraction of sp³-hybridized carbons (Fsp3) is 0.750. The Morgan fingerprint density at radius 2 is 1.89 bits per heavy atom. The highest BCUT2D eigenvalue weighted by Crippen LogP contribution is 2.30. The van der Waals surface area contributed by atoms with Crippen LogP contribution < -0.4 is 0 Å². The van der Waals surface area contributed by atoms with Gasteiger partial charge in [0.1, 0.15) is 0 Å². The lowest BCUT2D eigenvalue weighted by Crippen LogP contribution is -2.20. The minimum atomic E-state index is -4.73. The van der Waals surface area contributed by atoms with Gasteiger partial charge in [0.2, 0.25) is 5.50 Å². The molecule has 0 saturated heterocycles. The second-order valence-electron chi connectivity index (χ2n) is 1.23. The van der Waals surface area contributed by atoms with E-state index in [0.717, 1.165) is 0 Å². The van der Waals surface area contributed by atoms with Crippen LogP contribution in [0.5, 0.6) is 0 Å². The molecule has 9 heavy (non-hydrogen) atoms. The van der Waals surface area contributed by atoms with E-state index >= 15 is 0 Å². The van der Waals surface area contributed by atoms with Crippen molar-refractivity contribution in [1.29, 1.82) is 0 Å². The van der Waals surface area contributed by atoms with Gasteiger partial charge in [0.25, 0.3) is 0 Å². The maximum absolute atomic E-state index is 11.7. The molecule has 0 amide bonds. The van der Waals surface area contributed by atoms with Gasteiger partial charge in [0.05, 0.1) is 0 Å². The van der Waals surface area contributed by atoms with Gasteiger partial charge in [-0.25, -0.2) is 4.39 Å². The van der Waals surface area contributed by atoms with Crippen molar-refractivity contribution < 1.29 is 17.6 Å². The molecule has 5 heteroatoms. The molecule has 0 N–H and O–H groups in total. The second kappa shape index (κ2) is 3.29. The Morgan fingerprint density at radius 3 is 2.00 bits per heavy atom. The summed E-state index contributed by atoms with van der Waals surface area (Å²) in [6.45, 7) is 3.06. The van der Waals surface area contributed by atoms with Crippen molar-refractivity contribution in [2.45, 2.75) is 11.7 Å². The Bertz CT molecular complexity index is 79.1. The topological polar surface area (TPSA) is 0 Å². The summed E-state index contributed by atoms with van der Waals surface area (Å²) >= 11 is 0.135. The lowest BCUT2D eigenvalue weighted by atomic mass is 10.7. The van der Waals surface area contributed by atoms with Crippen molar-refractivity contribution in [3.8, 4) is 0 Å². The predicted molar refractivity (Wildman–Crippen MR) is 28.8 cm³/mol. The summed E-state index contributed by atoms with van der Waals surface area (Å²) in [6, 6.07) is 0. The van der Waals surface area contributed by atoms with E-state index in [0.29, 0.717) is 0 Å². The number of rotatable bonds is 2. The van der Waals surface area contributed by atoms with Crippen LogP contribution in [-0.4, -0.2) is 17.4 Å². The van der Waals surface area contributed by atoms with Crippen LogP contribution in [0.25, 0.3) is 0 Å². The van der Waals surface area contributed by atoms with Crippen LogP contribution in [-0.2, 0) is 0 Å². The van der Waals surface area contributed by atoms with Crippen LogP contribution in [0.1, 0.15) is 0 Å². The van der Waals surface area contributed by atoms with Gasteiger partial charge in [-0.15, -0.1) is 11.8 Å². The predicted octanol–water partition coefficient (Wildman–Crippen LogP) is 2.41. The van der Waals surface area contributed by atoms with E-state index in [4.69, 9.17) is 0 Å². The Labute approximate surface area is 54.6 Å². The van der Waals surface area contributed by atoms with Crippen LogP contribution in [0.2, 0.25) is 0 Å². The molecule has 1 radical (unpaired) electrons. The third kappa shape index (κ3) is 3.61. The molecule has 0 aromatic carbocycles. The Kier molecular flexibility index (Phi) is 3.32. The number of alkyl halides is 4. The molecular weight excluding hydrogens is 156 g/mol. The largest absolute Gasteiger partial charge is 0.429 e. The van der Waals surface area contributed by atoms with E-state index in [1.54, 1.807) is 0 Å². The third-order valence-corrected chi connectivity index (χ3v) is 1.32. The van der Waals surface area contributed by atoms with Crippen LogP contribution in [0, 0.1) is 6.92 Å². The SMILES string of the molecule is [CH2]CSC(F)C(F)(F)F. The van der Waals surface area contributed by atoms with Crippen LogP contribution in [0.15, 0.2) is 0 Å². The minimum Gasteiger partial charge on any atom is -0.225 e. The molecule has 1 atom stereocenters. The average Bonchev–Trinajstić information content (AvgIpc) is 1.64. The molecule has 0 rings (SSSR count). The fourth-order valence-corrected chi connectivity index (χ4v) is 0.594. The maximum Gasteiger partial charge on any atom is 0.429 e. The van der Waals surface area contributed by atoms with Gasteiger partial charge in [0, 0.05) is 0 Å². The minimum absolute atomic E-state index is 0.110. The summed E-state index contributed by atoms with van der Waals surface area (Å²) in [5, 5.41) is 0. The van der Waals surface area contributed by atoms with Crippen molar-refractivity contribution >= 4 is 11.8 Å². The molecule has 0 saturated carbocycles. The summed E-state index contributed by atoms with van der Waals surface area (Å²) < 4.78 is 45.3. The molecule has 55 valence electrons. The van der Waals surface area contributed by atoms with E-state index < -0.39 is 11.7 Å². The first-order chi connectivity index (χ1) is 3.98. The summed E-state index contributed by atoms with van der Waals surface area (Å²) in [5.41, 5.74) is -2.78. The Balaban J connectivity index is 3.59. The zero-order chi connectivity index (χ0) is 7.49. The van der Waals surface area contributed by atoms with Crippen molar-refractivity contribution in [2.24, 2.45) is 0 Å². The van der Waals surface area contributed by atoms with Crippen LogP contribution in [0.4, 0.5) is 17.6 Å². The molecule has 0 aliphatic rings. The summed E-state index contributed by atoms with van der Waals surface area (Å²) in [5.74, 6) is -0.110. The van der Waals surface area contributed by atoms with Gasteiger partial charge in [-0.05, 0) is 12.7 Å². The van der Waals surface area contributed by atoms with E-state index in [2.05, 4.69) is 6.92 Å². The van der Waals surface area contributed by atoms with Crippen LogP contribution >= 0.6 is 11.8 Å². The van der Waals surface area contributed by atoms with Gasteiger partial charge < -0.3 is 0 Å². The molecule has 0 nitrogen and oxygen atoms in total. The highest BCUT2D eigenvalue weighted by atomic mass is 32.2. The molecule has 0 fully saturated rings. The molecular formula is C4H5F4S. The van der Waals surface area contributed by atoms with Gasteiger partial charge in [-0.2, -0.15) is 13.2 Å². The number of hydrogen-bond donors (Lipinski definition) is 0. The first-order valence-corrected chi connectivity index (χ1v) is 3.15. The number of hydrogen-bond acceptors (Lipinski definition) is 1. The lowest BCUT2D eigenvalue weighted by molar-refractivity contribution is -0.153. The van der Waals surface area contributed by atoms with Crippen molar-refractivity contribution in [3.63, 3.8) is 0 Å². The first kappa shape index (κ1) is 9.07. The lowest BCUT2D eigenvalue weighted by Gasteiger charge is -2.09. The molecule has 0 bridgehead atoms. The van der Waals surface area contributed by atoms with E-state index in [1.807, 2.05) is 0 Å². The van der Waals surface area contributed by atoms with Crippen LogP contribution in [0.3, 0.4) is 0 Å². The third-order valence-electron chi connectivity index (χ3n) is 0.522. The number of thioether (sulfide) groups is 1. The quantitative estimate of drug-likeness (QED) is 0.560. The number of halogens is 4. The maximum atomic E-state index is 11.7. The molecule has 0 spiro atoms. The van der Waals surface area contributed by atoms with Crippen molar-refractivity contribution in [2.75, 3.05) is 5.75 Å². The molecule has 1 unspecified atom stereocenters. The van der Waals surface area contributed by atoms with E-state index in [-0.39, 0.29) is 17.5 Å². The highest BCUT2D eigenvalue weighted by molar-refractivity contribution is 7.99.